The third-order valence-electron chi connectivity index (χ3n) is 2.33. The molecule has 1 aromatic carbocycles. The fourth-order valence-corrected chi connectivity index (χ4v) is 1.36. The van der Waals surface area contributed by atoms with Crippen LogP contribution in [0, 0.1) is 11.3 Å². The maximum absolute atomic E-state index is 9.19. The van der Waals surface area contributed by atoms with Crippen molar-refractivity contribution in [3.63, 3.8) is 0 Å². The number of anilines is 2. The summed E-state index contributed by atoms with van der Waals surface area (Å²) in [5.74, 6) is 0.850. The van der Waals surface area contributed by atoms with Gasteiger partial charge in [-0.3, -0.25) is 0 Å². The van der Waals surface area contributed by atoms with Crippen molar-refractivity contribution in [2.45, 2.75) is 0 Å². The number of nitriles is 1. The molecule has 0 aliphatic heterocycles. The molecule has 0 saturated carbocycles. The van der Waals surface area contributed by atoms with Gasteiger partial charge in [0.1, 0.15) is 11.8 Å². The van der Waals surface area contributed by atoms with Gasteiger partial charge in [-0.15, -0.1) is 0 Å². The Hall–Kier alpha value is -2.61. The molecule has 0 bridgehead atoms. The summed E-state index contributed by atoms with van der Waals surface area (Å²) in [6.45, 7) is 0. The Morgan fingerprint density at radius 3 is 2.41 bits per heavy atom. The highest BCUT2D eigenvalue weighted by Gasteiger charge is 2.05. The first-order valence-electron chi connectivity index (χ1n) is 4.95. The lowest BCUT2D eigenvalue weighted by Crippen LogP contribution is -2.11. The first kappa shape index (κ1) is 10.9. The van der Waals surface area contributed by atoms with Crippen molar-refractivity contribution in [3.8, 4) is 11.8 Å². The van der Waals surface area contributed by atoms with Crippen molar-refractivity contribution in [2.24, 2.45) is 0 Å². The smallest absolute Gasteiger partial charge is 0.158 e. The molecule has 5 nitrogen and oxygen atoms in total. The summed E-state index contributed by atoms with van der Waals surface area (Å²) in [4.78, 5) is 9.89. The standard InChI is InChI=1S/C12H10N4O/c1-16(10-2-4-11(17)5-3-10)12-8-14-9(6-13)7-15-12/h2-5,7-8,17H,1H3. The Kier molecular flexibility index (Phi) is 2.88. The number of benzene rings is 1. The third kappa shape index (κ3) is 2.32. The number of nitrogens with zero attached hydrogens (tertiary/aromatic N) is 4. The Morgan fingerprint density at radius 1 is 1.18 bits per heavy atom. The topological polar surface area (TPSA) is 73.0 Å². The SMILES string of the molecule is CN(c1ccc(O)cc1)c1cnc(C#N)cn1. The number of phenolic OH excluding ortho intramolecular Hbond substituents is 1. The largest absolute Gasteiger partial charge is 0.508 e. The molecule has 0 unspecified atom stereocenters. The van der Waals surface area contributed by atoms with Gasteiger partial charge >= 0.3 is 0 Å². The van der Waals surface area contributed by atoms with E-state index in [1.54, 1.807) is 24.3 Å². The average Bonchev–Trinajstić information content (AvgIpc) is 2.39. The van der Waals surface area contributed by atoms with Crippen LogP contribution in [0.15, 0.2) is 36.7 Å². The molecule has 0 saturated heterocycles. The van der Waals surface area contributed by atoms with Gasteiger partial charge in [-0.25, -0.2) is 9.97 Å². The van der Waals surface area contributed by atoms with Crippen LogP contribution in [0.1, 0.15) is 5.69 Å². The summed E-state index contributed by atoms with van der Waals surface area (Å²) >= 11 is 0. The monoisotopic (exact) mass is 226 g/mol. The molecular weight excluding hydrogens is 216 g/mol. The summed E-state index contributed by atoms with van der Waals surface area (Å²) in [5.41, 5.74) is 1.16. The zero-order valence-electron chi connectivity index (χ0n) is 9.20. The van der Waals surface area contributed by atoms with Crippen molar-refractivity contribution < 1.29 is 5.11 Å². The minimum atomic E-state index is 0.216. The molecule has 2 rings (SSSR count). The van der Waals surface area contributed by atoms with E-state index in [4.69, 9.17) is 5.26 Å². The van der Waals surface area contributed by atoms with Gasteiger partial charge in [0.15, 0.2) is 11.5 Å². The summed E-state index contributed by atoms with van der Waals surface area (Å²) in [7, 11) is 1.84. The second-order valence-electron chi connectivity index (χ2n) is 3.45. The molecule has 1 N–H and O–H groups in total. The predicted molar refractivity (Wildman–Crippen MR) is 62.9 cm³/mol. The zero-order chi connectivity index (χ0) is 12.3. The lowest BCUT2D eigenvalue weighted by molar-refractivity contribution is 0.475. The molecular formula is C12H10N4O. The van der Waals surface area contributed by atoms with E-state index in [2.05, 4.69) is 9.97 Å². The van der Waals surface area contributed by atoms with Crippen LogP contribution >= 0.6 is 0 Å². The lowest BCUT2D eigenvalue weighted by Gasteiger charge is -2.17. The van der Waals surface area contributed by atoms with E-state index in [0.717, 1.165) is 5.69 Å². The number of aromatic hydroxyl groups is 1. The van der Waals surface area contributed by atoms with Crippen LogP contribution in [0.5, 0.6) is 5.75 Å². The average molecular weight is 226 g/mol. The quantitative estimate of drug-likeness (QED) is 0.845. The molecule has 5 heteroatoms. The minimum Gasteiger partial charge on any atom is -0.508 e. The van der Waals surface area contributed by atoms with Gasteiger partial charge < -0.3 is 10.0 Å². The van der Waals surface area contributed by atoms with E-state index in [1.165, 1.54) is 12.4 Å². The van der Waals surface area contributed by atoms with E-state index >= 15 is 0 Å². The third-order valence-corrected chi connectivity index (χ3v) is 2.33. The zero-order valence-corrected chi connectivity index (χ0v) is 9.20. The van der Waals surface area contributed by atoms with Crippen LogP contribution in [0.25, 0.3) is 0 Å². The van der Waals surface area contributed by atoms with Crippen molar-refractivity contribution in [3.05, 3.63) is 42.4 Å². The highest BCUT2D eigenvalue weighted by atomic mass is 16.3. The van der Waals surface area contributed by atoms with Crippen LogP contribution in [-0.2, 0) is 0 Å². The molecule has 1 aromatic heterocycles. The number of hydrogen-bond donors (Lipinski definition) is 1. The lowest BCUT2D eigenvalue weighted by atomic mass is 10.3. The van der Waals surface area contributed by atoms with Gasteiger partial charge in [-0.2, -0.15) is 5.26 Å². The summed E-state index contributed by atoms with van der Waals surface area (Å²) in [6.07, 6.45) is 2.96. The molecule has 0 fully saturated rings. The van der Waals surface area contributed by atoms with Crippen LogP contribution in [0.3, 0.4) is 0 Å². The number of rotatable bonds is 2. The van der Waals surface area contributed by atoms with Crippen molar-refractivity contribution >= 4 is 11.5 Å². The first-order valence-corrected chi connectivity index (χ1v) is 4.95. The van der Waals surface area contributed by atoms with Gasteiger partial charge in [0.05, 0.1) is 12.4 Å². The van der Waals surface area contributed by atoms with E-state index in [0.29, 0.717) is 5.82 Å². The van der Waals surface area contributed by atoms with Crippen LogP contribution in [0.2, 0.25) is 0 Å². The van der Waals surface area contributed by atoms with Crippen LogP contribution < -0.4 is 4.90 Å². The first-order chi connectivity index (χ1) is 8.20. The van der Waals surface area contributed by atoms with Crippen molar-refractivity contribution in [1.29, 1.82) is 5.26 Å². The second kappa shape index (κ2) is 4.49. The highest BCUT2D eigenvalue weighted by molar-refractivity contribution is 5.59. The molecule has 1 heterocycles. The minimum absolute atomic E-state index is 0.216. The van der Waals surface area contributed by atoms with E-state index in [9.17, 15) is 5.11 Å². The summed E-state index contributed by atoms with van der Waals surface area (Å²) in [6, 6.07) is 8.66. The second-order valence-corrected chi connectivity index (χ2v) is 3.45. The normalized spacial score (nSPS) is 9.65. The van der Waals surface area contributed by atoms with Gasteiger partial charge in [0.2, 0.25) is 0 Å². The maximum Gasteiger partial charge on any atom is 0.158 e. The van der Waals surface area contributed by atoms with Gasteiger partial charge in [0, 0.05) is 12.7 Å². The maximum atomic E-state index is 9.19. The molecule has 17 heavy (non-hydrogen) atoms. The molecule has 0 radical (unpaired) electrons. The summed E-state index contributed by atoms with van der Waals surface area (Å²) in [5, 5.41) is 17.8. The fraction of sp³-hybridized carbons (Fsp3) is 0.0833. The molecule has 0 aliphatic rings. The van der Waals surface area contributed by atoms with Crippen molar-refractivity contribution in [2.75, 3.05) is 11.9 Å². The number of phenols is 1. The molecule has 0 amide bonds. The van der Waals surface area contributed by atoms with Gasteiger partial charge in [-0.1, -0.05) is 0 Å². The Bertz CT molecular complexity index is 542. The molecule has 2 aromatic rings. The Balaban J connectivity index is 2.27. The van der Waals surface area contributed by atoms with Gasteiger partial charge in [0.25, 0.3) is 0 Å². The summed E-state index contributed by atoms with van der Waals surface area (Å²) < 4.78 is 0. The predicted octanol–water partition coefficient (Wildman–Crippen LogP) is 1.82. The number of aromatic nitrogens is 2. The highest BCUT2D eigenvalue weighted by Crippen LogP contribution is 2.22. The fourth-order valence-electron chi connectivity index (χ4n) is 1.36. The Morgan fingerprint density at radius 2 is 1.88 bits per heavy atom. The van der Waals surface area contributed by atoms with E-state index in [-0.39, 0.29) is 11.4 Å². The van der Waals surface area contributed by atoms with Gasteiger partial charge in [-0.05, 0) is 24.3 Å². The van der Waals surface area contributed by atoms with Crippen LogP contribution in [-0.4, -0.2) is 22.1 Å². The molecule has 0 spiro atoms. The van der Waals surface area contributed by atoms with E-state index < -0.39 is 0 Å². The van der Waals surface area contributed by atoms with Crippen molar-refractivity contribution in [1.82, 2.24) is 9.97 Å². The molecule has 0 aliphatic carbocycles. The Labute approximate surface area is 98.6 Å². The van der Waals surface area contributed by atoms with Crippen LogP contribution in [0.4, 0.5) is 11.5 Å². The van der Waals surface area contributed by atoms with E-state index in [1.807, 2.05) is 18.0 Å². The number of hydrogen-bond acceptors (Lipinski definition) is 5. The molecule has 84 valence electrons. The molecule has 0 atom stereocenters.